The Morgan fingerprint density at radius 1 is 0.508 bits per heavy atom. The molecule has 0 saturated carbocycles. The van der Waals surface area contributed by atoms with Gasteiger partial charge in [0.15, 0.2) is 11.4 Å². The van der Waals surface area contributed by atoms with Crippen LogP contribution in [0.4, 0.5) is 38.9 Å². The smallest absolute Gasteiger partial charge is 0.326 e. The minimum Gasteiger partial charge on any atom is -0.326 e. The molecule has 19 nitrogen and oxygen atoms in total. The zero-order valence-electron chi connectivity index (χ0n) is 31.0. The molecule has 0 spiro atoms. The van der Waals surface area contributed by atoms with Crippen molar-refractivity contribution in [1.29, 1.82) is 0 Å². The average molecular weight is 850 g/mol. The van der Waals surface area contributed by atoms with E-state index in [1.165, 1.54) is 74.5 Å². The molecule has 2 aliphatic carbocycles. The second kappa shape index (κ2) is 17.7. The van der Waals surface area contributed by atoms with Crippen molar-refractivity contribution in [3.8, 4) is 0 Å². The van der Waals surface area contributed by atoms with Gasteiger partial charge in [0.1, 0.15) is 9.81 Å². The summed E-state index contributed by atoms with van der Waals surface area (Å²) in [5.41, 5.74) is 5.75. The van der Waals surface area contributed by atoms with E-state index in [0.29, 0.717) is 22.7 Å². The van der Waals surface area contributed by atoms with E-state index in [9.17, 15) is 49.9 Å². The predicted molar refractivity (Wildman–Crippen MR) is 217 cm³/mol. The van der Waals surface area contributed by atoms with E-state index in [1.807, 2.05) is 0 Å². The van der Waals surface area contributed by atoms with Gasteiger partial charge in [-0.3, -0.25) is 39.1 Å². The van der Waals surface area contributed by atoms with Crippen molar-refractivity contribution in [1.82, 2.24) is 0 Å². The Morgan fingerprint density at radius 3 is 1.15 bits per heavy atom. The zero-order chi connectivity index (χ0) is 41.9. The molecular formula is C37H30N8NaO11S2+. The molecule has 6 rings (SSSR count). The normalized spacial score (nSPS) is 14.8. The third-order valence-corrected chi connectivity index (χ3v) is 9.87. The molecule has 22 heteroatoms. The van der Waals surface area contributed by atoms with Crippen LogP contribution in [-0.4, -0.2) is 66.8 Å². The van der Waals surface area contributed by atoms with Gasteiger partial charge < -0.3 is 21.3 Å². The number of allylic oxidation sites excluding steroid dienone is 2. The number of nitrogens with zero attached hydrogens (tertiary/aromatic N) is 2. The largest absolute Gasteiger partial charge is 1.00 e. The Hall–Kier alpha value is -6.33. The van der Waals surface area contributed by atoms with E-state index in [-0.39, 0.29) is 75.0 Å². The van der Waals surface area contributed by atoms with Crippen LogP contribution in [0.2, 0.25) is 0 Å². The van der Waals surface area contributed by atoms with Crippen molar-refractivity contribution in [2.45, 2.75) is 13.8 Å². The summed E-state index contributed by atoms with van der Waals surface area (Å²) in [6, 6.07) is 19.3. The van der Waals surface area contributed by atoms with Crippen LogP contribution in [0.3, 0.4) is 0 Å². The molecule has 4 amide bonds. The molecule has 59 heavy (non-hydrogen) atoms. The number of benzene rings is 4. The fourth-order valence-corrected chi connectivity index (χ4v) is 6.95. The number of hydrogen-bond donors (Lipinski definition) is 8. The van der Waals surface area contributed by atoms with Gasteiger partial charge in [0.05, 0.1) is 11.4 Å². The number of carbonyl (C=O) groups excluding carboxylic acids is 5. The Labute approximate surface area is 357 Å². The van der Waals surface area contributed by atoms with Gasteiger partial charge in [-0.15, -0.1) is 0 Å². The molecule has 0 aromatic heterocycles. The molecule has 296 valence electrons. The van der Waals surface area contributed by atoms with E-state index in [2.05, 4.69) is 42.3 Å². The Kier molecular flexibility index (Phi) is 13.1. The van der Waals surface area contributed by atoms with Crippen LogP contribution in [0.15, 0.2) is 105 Å². The Bertz CT molecular complexity index is 2600. The number of Topliss-reactive ketones (excluding diaryl/α,β-unsaturated/α-hetero) is 2. The van der Waals surface area contributed by atoms with E-state index >= 15 is 0 Å². The number of urea groups is 1. The van der Waals surface area contributed by atoms with E-state index in [4.69, 9.17) is 0 Å². The first-order valence-corrected chi connectivity index (χ1v) is 19.5. The summed E-state index contributed by atoms with van der Waals surface area (Å²) in [5.74, 6) is -2.29. The van der Waals surface area contributed by atoms with Gasteiger partial charge in [-0.2, -0.15) is 27.0 Å². The molecule has 4 aromatic rings. The van der Waals surface area contributed by atoms with E-state index in [0.717, 1.165) is 12.2 Å². The first-order valence-electron chi connectivity index (χ1n) is 16.6. The first kappa shape index (κ1) is 43.8. The summed E-state index contributed by atoms with van der Waals surface area (Å²) in [6.07, 6.45) is 2.01. The standard InChI is InChI=1S/C37H30N8O11S2.Na/c1-19(46)38-23-3-7-25(8-4-23)42-44-33-31(57(51,52)53)17-21-15-27(11-13-29(21)35(33)48)40-37(50)41-28-12-14-30-22(16-28)18-32(58(54,55)56)34(36(30)49)45-43-26-9-5-24(6-10-26)39-20(2)47;/h3-18,42-43H,1-2H3,(H,38,46)(H,39,47)(H2,40,41,50)(H,51,52,53)(H,54,55,56);/q;+1/b44-33+,45-34+;. The summed E-state index contributed by atoms with van der Waals surface area (Å²) in [5, 5.41) is 18.1. The number of fused-ring (bicyclic) bond motifs is 2. The number of carbonyl (C=O) groups is 5. The van der Waals surface area contributed by atoms with Gasteiger partial charge in [-0.1, -0.05) is 0 Å². The monoisotopic (exact) mass is 849 g/mol. The van der Waals surface area contributed by atoms with Crippen molar-refractivity contribution in [2.24, 2.45) is 10.2 Å². The SMILES string of the molecule is CC(=O)Nc1ccc(N/N=C2/C(=O)c3ccc(NC(=O)Nc4ccc5c(c4)C=C(S(=O)(=O)O)/C(=N\Nc4ccc(NC(C)=O)cc4)C5=O)cc3C=C2S(=O)(=O)O)cc1.[Na+]. The van der Waals surface area contributed by atoms with E-state index < -0.39 is 59.1 Å². The van der Waals surface area contributed by atoms with Crippen LogP contribution in [0, 0.1) is 0 Å². The summed E-state index contributed by atoms with van der Waals surface area (Å²) >= 11 is 0. The maximum Gasteiger partial charge on any atom is 1.00 e. The Morgan fingerprint density at radius 2 is 0.831 bits per heavy atom. The molecule has 2 aliphatic rings. The van der Waals surface area contributed by atoms with Crippen molar-refractivity contribution in [3.63, 3.8) is 0 Å². The number of rotatable bonds is 10. The molecule has 8 N–H and O–H groups in total. The number of anilines is 6. The van der Waals surface area contributed by atoms with Crippen LogP contribution < -0.4 is 61.7 Å². The molecule has 0 radical (unpaired) electrons. The maximum absolute atomic E-state index is 13.4. The number of hydrogen-bond acceptors (Lipinski definition) is 13. The van der Waals surface area contributed by atoms with Gasteiger partial charge in [0.25, 0.3) is 20.2 Å². The molecule has 0 saturated heterocycles. The second-order valence-corrected chi connectivity index (χ2v) is 15.3. The topological polar surface area (TPSA) is 291 Å². The minimum absolute atomic E-state index is 0. The molecule has 0 aliphatic heterocycles. The third kappa shape index (κ3) is 10.6. The molecular weight excluding hydrogens is 820 g/mol. The van der Waals surface area contributed by atoms with Gasteiger partial charge in [-0.25, -0.2) is 4.79 Å². The molecule has 0 bridgehead atoms. The third-order valence-electron chi connectivity index (χ3n) is 8.14. The van der Waals surface area contributed by atoms with Gasteiger partial charge in [0, 0.05) is 47.7 Å². The zero-order valence-corrected chi connectivity index (χ0v) is 34.7. The van der Waals surface area contributed by atoms with Gasteiger partial charge >= 0.3 is 35.6 Å². The second-order valence-electron chi connectivity index (χ2n) is 12.5. The van der Waals surface area contributed by atoms with Crippen molar-refractivity contribution in [3.05, 3.63) is 117 Å². The minimum atomic E-state index is -4.98. The maximum atomic E-state index is 13.4. The van der Waals surface area contributed by atoms with Crippen molar-refractivity contribution < 1.29 is 79.5 Å². The summed E-state index contributed by atoms with van der Waals surface area (Å²) < 4.78 is 69.3. The summed E-state index contributed by atoms with van der Waals surface area (Å²) in [6.45, 7) is 2.67. The van der Waals surface area contributed by atoms with Crippen LogP contribution in [0.1, 0.15) is 45.7 Å². The fraction of sp³-hybridized carbons (Fsp3) is 0.0541. The van der Waals surface area contributed by atoms with Crippen molar-refractivity contribution >= 4 is 107 Å². The van der Waals surface area contributed by atoms with Crippen LogP contribution in [0.5, 0.6) is 0 Å². The first-order chi connectivity index (χ1) is 27.3. The quantitative estimate of drug-likeness (QED) is 0.0645. The van der Waals surface area contributed by atoms with Gasteiger partial charge in [-0.05, 0) is 108 Å². The number of hydrazone groups is 2. The van der Waals surface area contributed by atoms with Crippen LogP contribution >= 0.6 is 0 Å². The molecule has 0 fully saturated rings. The molecule has 0 heterocycles. The van der Waals surface area contributed by atoms with Gasteiger partial charge in [0.2, 0.25) is 23.4 Å². The predicted octanol–water partition coefficient (Wildman–Crippen LogP) is 2.04. The number of ketones is 2. The summed E-state index contributed by atoms with van der Waals surface area (Å²) in [4.78, 5) is 60.7. The molecule has 4 aromatic carbocycles. The van der Waals surface area contributed by atoms with Crippen LogP contribution in [0.25, 0.3) is 12.2 Å². The average Bonchev–Trinajstić information content (AvgIpc) is 3.13. The fourth-order valence-electron chi connectivity index (χ4n) is 5.63. The van der Waals surface area contributed by atoms with Crippen molar-refractivity contribution in [2.75, 3.05) is 32.1 Å². The van der Waals surface area contributed by atoms with E-state index in [1.54, 1.807) is 24.3 Å². The Balaban J connectivity index is 0.00000661. The summed E-state index contributed by atoms with van der Waals surface area (Å²) in [7, 11) is -9.97. The number of nitrogens with one attached hydrogen (secondary N) is 6. The number of amides is 4. The van der Waals surface area contributed by atoms with Crippen LogP contribution in [-0.2, 0) is 29.8 Å². The molecule has 0 unspecified atom stereocenters. The molecule has 0 atom stereocenters.